The molecular formula is C18H17NO. The molecule has 0 fully saturated rings. The van der Waals surface area contributed by atoms with E-state index in [0.717, 1.165) is 11.1 Å². The third-order valence-electron chi connectivity index (χ3n) is 3.49. The maximum atomic E-state index is 9.79. The predicted octanol–water partition coefficient (Wildman–Crippen LogP) is 4.32. The molecule has 0 saturated heterocycles. The topological polar surface area (TPSA) is 25.2 Å². The fourth-order valence-electron chi connectivity index (χ4n) is 2.44. The Kier molecular flexibility index (Phi) is 3.40. The first-order valence-electron chi connectivity index (χ1n) is 6.76. The van der Waals surface area contributed by atoms with Gasteiger partial charge in [-0.1, -0.05) is 42.5 Å². The number of rotatable bonds is 3. The molecule has 0 aliphatic heterocycles. The molecule has 0 amide bonds. The first kappa shape index (κ1) is 12.7. The summed E-state index contributed by atoms with van der Waals surface area (Å²) in [6.45, 7) is 1.79. The lowest BCUT2D eigenvalue weighted by Gasteiger charge is -2.08. The van der Waals surface area contributed by atoms with Gasteiger partial charge in [0.05, 0.1) is 11.6 Å². The smallest absolute Gasteiger partial charge is 0.0767 e. The highest BCUT2D eigenvalue weighted by Gasteiger charge is 2.04. The van der Waals surface area contributed by atoms with Crippen LogP contribution in [0.4, 0.5) is 0 Å². The molecule has 1 unspecified atom stereocenters. The third kappa shape index (κ3) is 2.38. The number of benzene rings is 2. The van der Waals surface area contributed by atoms with Crippen molar-refractivity contribution in [2.24, 2.45) is 0 Å². The van der Waals surface area contributed by atoms with Crippen molar-refractivity contribution in [2.75, 3.05) is 0 Å². The van der Waals surface area contributed by atoms with Gasteiger partial charge >= 0.3 is 0 Å². The molecule has 2 aromatic carbocycles. The van der Waals surface area contributed by atoms with Gasteiger partial charge in [-0.3, -0.25) is 0 Å². The molecule has 0 saturated carbocycles. The van der Waals surface area contributed by atoms with Crippen LogP contribution in [0, 0.1) is 0 Å². The second-order valence-corrected chi connectivity index (χ2v) is 4.90. The fraction of sp³-hybridized carbons (Fsp3) is 0.111. The van der Waals surface area contributed by atoms with Crippen LogP contribution in [0.2, 0.25) is 0 Å². The zero-order valence-electron chi connectivity index (χ0n) is 11.4. The lowest BCUT2D eigenvalue weighted by Crippen LogP contribution is -1.94. The average molecular weight is 263 g/mol. The molecule has 1 N–H and O–H groups in total. The number of hydrogen-bond donors (Lipinski definition) is 1. The van der Waals surface area contributed by atoms with Crippen LogP contribution in [0.25, 0.3) is 23.2 Å². The molecule has 0 spiro atoms. The number of nitrogens with zero attached hydrogens (tertiary/aromatic N) is 1. The minimum absolute atomic E-state index is 0.461. The van der Waals surface area contributed by atoms with E-state index in [4.69, 9.17) is 0 Å². The Balaban J connectivity index is 1.99. The number of para-hydroxylation sites is 1. The van der Waals surface area contributed by atoms with Crippen molar-refractivity contribution in [3.63, 3.8) is 0 Å². The van der Waals surface area contributed by atoms with E-state index >= 15 is 0 Å². The quantitative estimate of drug-likeness (QED) is 0.748. The average Bonchev–Trinajstić information content (AvgIpc) is 2.88. The van der Waals surface area contributed by atoms with Gasteiger partial charge in [-0.2, -0.15) is 0 Å². The van der Waals surface area contributed by atoms with Crippen molar-refractivity contribution >= 4 is 23.2 Å². The summed E-state index contributed by atoms with van der Waals surface area (Å²) in [4.78, 5) is 0. The summed E-state index contributed by atoms with van der Waals surface area (Å²) in [6.07, 6.45) is 5.65. The standard InChI is InChI=1S/C18H17NO/c1-14(20)17-8-4-2-6-15(17)10-12-19-13-11-16-7-3-5-9-18(16)19/h2-14,20H,1H3. The largest absolute Gasteiger partial charge is 0.389 e. The van der Waals surface area contributed by atoms with Gasteiger partial charge in [-0.15, -0.1) is 0 Å². The van der Waals surface area contributed by atoms with Gasteiger partial charge < -0.3 is 9.67 Å². The van der Waals surface area contributed by atoms with Gasteiger partial charge in [0.1, 0.15) is 0 Å². The summed E-state index contributed by atoms with van der Waals surface area (Å²) >= 11 is 0. The van der Waals surface area contributed by atoms with Crippen LogP contribution < -0.4 is 0 Å². The summed E-state index contributed by atoms with van der Waals surface area (Å²) < 4.78 is 2.09. The molecule has 3 aromatic rings. The van der Waals surface area contributed by atoms with Gasteiger partial charge in [-0.25, -0.2) is 0 Å². The molecule has 0 bridgehead atoms. The molecular weight excluding hydrogens is 246 g/mol. The molecule has 1 heterocycles. The van der Waals surface area contributed by atoms with Gasteiger partial charge in [0.15, 0.2) is 0 Å². The normalized spacial score (nSPS) is 13.1. The van der Waals surface area contributed by atoms with Crippen molar-refractivity contribution < 1.29 is 5.11 Å². The Morgan fingerprint density at radius 2 is 1.75 bits per heavy atom. The van der Waals surface area contributed by atoms with Crippen molar-refractivity contribution in [3.8, 4) is 0 Å². The minimum Gasteiger partial charge on any atom is -0.389 e. The van der Waals surface area contributed by atoms with Gasteiger partial charge in [0.25, 0.3) is 0 Å². The summed E-state index contributed by atoms with van der Waals surface area (Å²) in [6, 6.07) is 18.3. The highest BCUT2D eigenvalue weighted by Crippen LogP contribution is 2.20. The van der Waals surface area contributed by atoms with Crippen LogP contribution in [0.1, 0.15) is 24.2 Å². The highest BCUT2D eigenvalue weighted by molar-refractivity contribution is 5.83. The zero-order chi connectivity index (χ0) is 13.9. The van der Waals surface area contributed by atoms with Gasteiger partial charge in [-0.05, 0) is 41.6 Å². The number of aromatic nitrogens is 1. The molecule has 2 heteroatoms. The summed E-state index contributed by atoms with van der Waals surface area (Å²) in [5.74, 6) is 0. The van der Waals surface area contributed by atoms with Crippen molar-refractivity contribution in [1.29, 1.82) is 0 Å². The third-order valence-corrected chi connectivity index (χ3v) is 3.49. The van der Waals surface area contributed by atoms with E-state index in [1.807, 2.05) is 54.9 Å². The summed E-state index contributed by atoms with van der Waals surface area (Å²) in [5.41, 5.74) is 3.17. The zero-order valence-corrected chi connectivity index (χ0v) is 11.4. The van der Waals surface area contributed by atoms with Crippen molar-refractivity contribution in [1.82, 2.24) is 4.57 Å². The van der Waals surface area contributed by atoms with Crippen LogP contribution in [0.15, 0.2) is 60.8 Å². The highest BCUT2D eigenvalue weighted by atomic mass is 16.3. The first-order valence-corrected chi connectivity index (χ1v) is 6.76. The number of hydrogen-bond acceptors (Lipinski definition) is 1. The molecule has 1 atom stereocenters. The Bertz CT molecular complexity index is 753. The second-order valence-electron chi connectivity index (χ2n) is 4.90. The number of aliphatic hydroxyl groups excluding tert-OH is 1. The monoisotopic (exact) mass is 263 g/mol. The Morgan fingerprint density at radius 1 is 1.00 bits per heavy atom. The van der Waals surface area contributed by atoms with E-state index in [-0.39, 0.29) is 0 Å². The molecule has 100 valence electrons. The van der Waals surface area contributed by atoms with E-state index < -0.39 is 6.10 Å². The summed E-state index contributed by atoms with van der Waals surface area (Å²) in [7, 11) is 0. The van der Waals surface area contributed by atoms with Crippen LogP contribution in [-0.2, 0) is 0 Å². The first-order chi connectivity index (χ1) is 9.75. The van der Waals surface area contributed by atoms with E-state index in [1.165, 1.54) is 10.9 Å². The molecule has 0 aliphatic carbocycles. The molecule has 3 rings (SSSR count). The number of fused-ring (bicyclic) bond motifs is 1. The molecule has 0 aliphatic rings. The second kappa shape index (κ2) is 5.35. The van der Waals surface area contributed by atoms with Gasteiger partial charge in [0, 0.05) is 12.4 Å². The van der Waals surface area contributed by atoms with Crippen molar-refractivity contribution in [2.45, 2.75) is 13.0 Å². The molecule has 20 heavy (non-hydrogen) atoms. The molecule has 0 radical (unpaired) electrons. The Morgan fingerprint density at radius 3 is 2.60 bits per heavy atom. The van der Waals surface area contributed by atoms with Crippen LogP contribution >= 0.6 is 0 Å². The number of aliphatic hydroxyl groups is 1. The lowest BCUT2D eigenvalue weighted by molar-refractivity contribution is 0.199. The molecule has 1 aromatic heterocycles. The van der Waals surface area contributed by atoms with E-state index in [2.05, 4.69) is 22.8 Å². The fourth-order valence-corrected chi connectivity index (χ4v) is 2.44. The van der Waals surface area contributed by atoms with E-state index in [1.54, 1.807) is 6.92 Å². The van der Waals surface area contributed by atoms with E-state index in [9.17, 15) is 5.11 Å². The Labute approximate surface area is 118 Å². The van der Waals surface area contributed by atoms with Crippen molar-refractivity contribution in [3.05, 3.63) is 71.9 Å². The molecule has 2 nitrogen and oxygen atoms in total. The predicted molar refractivity (Wildman–Crippen MR) is 84.2 cm³/mol. The maximum Gasteiger partial charge on any atom is 0.0767 e. The van der Waals surface area contributed by atoms with Gasteiger partial charge in [0.2, 0.25) is 0 Å². The van der Waals surface area contributed by atoms with E-state index in [0.29, 0.717) is 0 Å². The Hall–Kier alpha value is -2.32. The minimum atomic E-state index is -0.461. The van der Waals surface area contributed by atoms with Crippen LogP contribution in [0.3, 0.4) is 0 Å². The SMILES string of the molecule is CC(O)c1ccccc1C=Cn1ccc2ccccc21. The van der Waals surface area contributed by atoms with Crippen LogP contribution in [-0.4, -0.2) is 9.67 Å². The summed E-state index contributed by atoms with van der Waals surface area (Å²) in [5, 5.41) is 11.0. The maximum absolute atomic E-state index is 9.79. The van der Waals surface area contributed by atoms with Crippen LogP contribution in [0.5, 0.6) is 0 Å². The lowest BCUT2D eigenvalue weighted by atomic mass is 10.0.